The lowest BCUT2D eigenvalue weighted by Gasteiger charge is -2.28. The van der Waals surface area contributed by atoms with Crippen LogP contribution in [0, 0.1) is 0 Å². The molecule has 28 heavy (non-hydrogen) atoms. The molecule has 1 atom stereocenters. The lowest BCUT2D eigenvalue weighted by atomic mass is 9.64. The average Bonchev–Trinajstić information content (AvgIpc) is 2.63. The monoisotopic (exact) mass is 381 g/mol. The summed E-state index contributed by atoms with van der Waals surface area (Å²) in [5, 5.41) is 19.5. The molecule has 1 heterocycles. The van der Waals surface area contributed by atoms with Crippen molar-refractivity contribution in [3.8, 4) is 5.75 Å². The summed E-state index contributed by atoms with van der Waals surface area (Å²) in [5.41, 5.74) is 2.85. The van der Waals surface area contributed by atoms with E-state index in [4.69, 9.17) is 4.65 Å². The smallest absolute Gasteiger partial charge is 0.526 e. The number of carbonyl (C=O) groups excluding carboxylic acids is 1. The second-order valence-electron chi connectivity index (χ2n) is 7.55. The molecule has 0 amide bonds. The predicted molar refractivity (Wildman–Crippen MR) is 107 cm³/mol. The van der Waals surface area contributed by atoms with Gasteiger partial charge in [0.15, 0.2) is 0 Å². The van der Waals surface area contributed by atoms with E-state index in [1.807, 2.05) is 38.4 Å². The fraction of sp³-hybridized carbons (Fsp3) is 0.333. The van der Waals surface area contributed by atoms with Crippen molar-refractivity contribution in [1.82, 2.24) is 4.90 Å². The second-order valence-corrected chi connectivity index (χ2v) is 7.55. The van der Waals surface area contributed by atoms with Crippen molar-refractivity contribution in [2.45, 2.75) is 31.6 Å². The maximum Gasteiger partial charge on any atom is 0.526 e. The van der Waals surface area contributed by atoms with Gasteiger partial charge in [0.2, 0.25) is 0 Å². The minimum atomic E-state index is -1.19. The van der Waals surface area contributed by atoms with Crippen LogP contribution in [0.5, 0.6) is 5.75 Å². The molecule has 0 bridgehead atoms. The summed E-state index contributed by atoms with van der Waals surface area (Å²) < 4.78 is 5.46. The van der Waals surface area contributed by atoms with Gasteiger partial charge in [-0.1, -0.05) is 36.4 Å². The molecule has 1 aliphatic heterocycles. The number of para-hydroxylation sites is 1. The molecule has 0 aromatic heterocycles. The number of carboxylic acid groups (broad SMARTS) is 1. The van der Waals surface area contributed by atoms with Gasteiger partial charge in [-0.25, -0.2) is 4.79 Å². The molecule has 0 fully saturated rings. The van der Waals surface area contributed by atoms with E-state index in [1.165, 1.54) is 11.6 Å². The van der Waals surface area contributed by atoms with Crippen LogP contribution >= 0.6 is 0 Å². The Morgan fingerprint density at radius 2 is 1.82 bits per heavy atom. The number of benzene rings is 2. The van der Waals surface area contributed by atoms with Crippen LogP contribution in [-0.4, -0.2) is 48.0 Å². The van der Waals surface area contributed by atoms with Gasteiger partial charge in [0.1, 0.15) is 11.5 Å². The average molecular weight is 381 g/mol. The van der Waals surface area contributed by atoms with Crippen LogP contribution in [0.25, 0.3) is 0 Å². The first-order chi connectivity index (χ1) is 13.3. The van der Waals surface area contributed by atoms with E-state index in [2.05, 4.69) is 4.90 Å². The number of nitrogens with zero attached hydrogens (tertiary/aromatic N) is 1. The number of rotatable bonds is 7. The highest BCUT2D eigenvalue weighted by atomic mass is 16.5. The summed E-state index contributed by atoms with van der Waals surface area (Å²) in [5.74, 6) is -1.28. The predicted octanol–water partition coefficient (Wildman–Crippen LogP) is 2.43. The van der Waals surface area contributed by atoms with Crippen molar-refractivity contribution in [3.05, 3.63) is 64.7 Å². The Hall–Kier alpha value is -2.64. The highest BCUT2D eigenvalue weighted by molar-refractivity contribution is 6.47. The second kappa shape index (κ2) is 8.58. The van der Waals surface area contributed by atoms with Gasteiger partial charge in [-0.05, 0) is 43.3 Å². The molecular formula is C21H24BNO5. The molecule has 0 saturated carbocycles. The minimum Gasteiger partial charge on any atom is -0.535 e. The van der Waals surface area contributed by atoms with E-state index in [0.717, 1.165) is 12.1 Å². The molecule has 1 aliphatic rings. The summed E-state index contributed by atoms with van der Waals surface area (Å²) in [6, 6.07) is 12.8. The largest absolute Gasteiger partial charge is 0.535 e. The number of fused-ring (bicyclic) bond motifs is 1. The molecule has 0 radical (unpaired) electrons. The lowest BCUT2D eigenvalue weighted by molar-refractivity contribution is -0.118. The van der Waals surface area contributed by atoms with Crippen molar-refractivity contribution in [3.63, 3.8) is 0 Å². The summed E-state index contributed by atoms with van der Waals surface area (Å²) in [4.78, 5) is 25.9. The van der Waals surface area contributed by atoms with E-state index in [1.54, 1.807) is 12.1 Å². The Morgan fingerprint density at radius 1 is 1.14 bits per heavy atom. The van der Waals surface area contributed by atoms with Crippen LogP contribution in [0.2, 0.25) is 5.82 Å². The first kappa shape index (κ1) is 20.1. The van der Waals surface area contributed by atoms with Crippen molar-refractivity contribution in [2.75, 3.05) is 14.1 Å². The molecule has 2 aromatic rings. The van der Waals surface area contributed by atoms with Gasteiger partial charge in [-0.3, -0.25) is 4.79 Å². The maximum atomic E-state index is 12.5. The number of hydrogen-bond donors (Lipinski definition) is 2. The maximum absolute atomic E-state index is 12.5. The minimum absolute atomic E-state index is 0.0193. The van der Waals surface area contributed by atoms with E-state index in [-0.39, 0.29) is 23.5 Å². The number of carboxylic acids is 1. The van der Waals surface area contributed by atoms with Crippen molar-refractivity contribution in [2.24, 2.45) is 0 Å². The summed E-state index contributed by atoms with van der Waals surface area (Å²) in [7, 11) is 2.82. The molecule has 3 rings (SSSR count). The SMILES string of the molecule is CN(C)Cc1ccc(CC(=O)C[C@H]2Cc3cccc(C(=O)O)c3OB2O)cc1. The van der Waals surface area contributed by atoms with Crippen molar-refractivity contribution >= 4 is 18.9 Å². The molecular weight excluding hydrogens is 357 g/mol. The zero-order valence-corrected chi connectivity index (χ0v) is 16.1. The molecule has 2 aromatic carbocycles. The molecule has 0 unspecified atom stereocenters. The lowest BCUT2D eigenvalue weighted by Crippen LogP contribution is -2.36. The van der Waals surface area contributed by atoms with Gasteiger partial charge >= 0.3 is 13.1 Å². The van der Waals surface area contributed by atoms with Crippen LogP contribution < -0.4 is 4.65 Å². The van der Waals surface area contributed by atoms with Crippen molar-refractivity contribution in [1.29, 1.82) is 0 Å². The number of carbonyl (C=O) groups is 2. The van der Waals surface area contributed by atoms with Crippen molar-refractivity contribution < 1.29 is 24.4 Å². The Bertz CT molecular complexity index is 866. The van der Waals surface area contributed by atoms with E-state index < -0.39 is 18.9 Å². The fourth-order valence-corrected chi connectivity index (χ4v) is 3.55. The summed E-state index contributed by atoms with van der Waals surface area (Å²) in [6.07, 6.45) is 0.885. The van der Waals surface area contributed by atoms with Gasteiger partial charge in [-0.2, -0.15) is 0 Å². The van der Waals surface area contributed by atoms with Crippen LogP contribution in [0.1, 0.15) is 33.5 Å². The van der Waals surface area contributed by atoms with E-state index >= 15 is 0 Å². The van der Waals surface area contributed by atoms with Gasteiger partial charge in [0.05, 0.1) is 5.56 Å². The molecule has 0 spiro atoms. The number of aromatic carboxylic acids is 1. The number of ketones is 1. The molecule has 0 aliphatic carbocycles. The van der Waals surface area contributed by atoms with Crippen LogP contribution in [0.3, 0.4) is 0 Å². The molecule has 6 nitrogen and oxygen atoms in total. The zero-order chi connectivity index (χ0) is 20.3. The zero-order valence-electron chi connectivity index (χ0n) is 16.1. The highest BCUT2D eigenvalue weighted by Gasteiger charge is 2.37. The van der Waals surface area contributed by atoms with Gasteiger partial charge in [0, 0.05) is 25.2 Å². The number of hydrogen-bond acceptors (Lipinski definition) is 5. The Morgan fingerprint density at radius 3 is 2.46 bits per heavy atom. The highest BCUT2D eigenvalue weighted by Crippen LogP contribution is 2.36. The van der Waals surface area contributed by atoms with Crippen LogP contribution in [0.4, 0.5) is 0 Å². The first-order valence-electron chi connectivity index (χ1n) is 9.27. The fourth-order valence-electron chi connectivity index (χ4n) is 3.55. The van der Waals surface area contributed by atoms with Gasteiger partial charge < -0.3 is 19.7 Å². The standard InChI is InChI=1S/C21H24BNO5/c1-23(2)13-15-8-6-14(7-9-15)10-18(24)12-17-11-16-4-3-5-19(21(25)26)20(16)28-22(17)27/h3-9,17,27H,10-13H2,1-2H3,(H,25,26)/t17-/m1/s1. The van der Waals surface area contributed by atoms with E-state index in [9.17, 15) is 19.7 Å². The molecule has 0 saturated heterocycles. The van der Waals surface area contributed by atoms with Crippen LogP contribution in [0.15, 0.2) is 42.5 Å². The Labute approximate surface area is 164 Å². The Kier molecular flexibility index (Phi) is 6.16. The summed E-state index contributed by atoms with van der Waals surface area (Å²) >= 11 is 0. The third-order valence-corrected chi connectivity index (χ3v) is 4.86. The topological polar surface area (TPSA) is 87.1 Å². The third-order valence-electron chi connectivity index (χ3n) is 4.86. The Balaban J connectivity index is 1.63. The first-order valence-corrected chi connectivity index (χ1v) is 9.27. The van der Waals surface area contributed by atoms with Gasteiger partial charge in [-0.15, -0.1) is 0 Å². The number of Topliss-reactive ketones (excluding diaryl/α,β-unsaturated/α-hetero) is 1. The molecule has 7 heteroatoms. The van der Waals surface area contributed by atoms with Gasteiger partial charge in [0.25, 0.3) is 0 Å². The quantitative estimate of drug-likeness (QED) is 0.717. The van der Waals surface area contributed by atoms with E-state index in [0.29, 0.717) is 18.4 Å². The van der Waals surface area contributed by atoms with Crippen LogP contribution in [-0.2, 0) is 24.2 Å². The molecule has 2 N–H and O–H groups in total. The molecule has 146 valence electrons. The summed E-state index contributed by atoms with van der Waals surface area (Å²) in [6.45, 7) is 0.845. The third kappa shape index (κ3) is 4.80. The normalized spacial score (nSPS) is 15.9.